The molecule has 0 radical (unpaired) electrons. The van der Waals surface area contributed by atoms with Crippen LogP contribution in [0.5, 0.6) is 0 Å². The fourth-order valence-corrected chi connectivity index (χ4v) is 10.3. The number of thiophene rings is 2. The van der Waals surface area contributed by atoms with Gasteiger partial charge in [0.05, 0.1) is 0 Å². The number of nitrogens with zero attached hydrogens (tertiary/aromatic N) is 3. The Morgan fingerprint density at radius 1 is 0.268 bits per heavy atom. The number of rotatable bonds is 6. The number of hydrogen-bond donors (Lipinski definition) is 0. The highest BCUT2D eigenvalue weighted by Gasteiger charge is 2.17. The first-order valence-corrected chi connectivity index (χ1v) is 20.3. The van der Waals surface area contributed by atoms with Gasteiger partial charge in [0.15, 0.2) is 17.5 Å². The summed E-state index contributed by atoms with van der Waals surface area (Å²) in [5.41, 5.74) is 9.82. The Balaban J connectivity index is 1.03. The van der Waals surface area contributed by atoms with E-state index in [-0.39, 0.29) is 0 Å². The molecule has 0 unspecified atom stereocenters. The van der Waals surface area contributed by atoms with Crippen molar-refractivity contribution in [3.8, 4) is 67.5 Å². The van der Waals surface area contributed by atoms with Crippen LogP contribution in [0.25, 0.3) is 108 Å². The third-order valence-corrected chi connectivity index (χ3v) is 13.0. The molecule has 3 nitrogen and oxygen atoms in total. The van der Waals surface area contributed by atoms with Crippen LogP contribution in [-0.2, 0) is 0 Å². The smallest absolute Gasteiger partial charge is 0.164 e. The van der Waals surface area contributed by atoms with Gasteiger partial charge in [0, 0.05) is 57.0 Å². The van der Waals surface area contributed by atoms with Gasteiger partial charge in [0.25, 0.3) is 0 Å². The maximum absolute atomic E-state index is 5.17. The van der Waals surface area contributed by atoms with Gasteiger partial charge in [-0.3, -0.25) is 0 Å². The van der Waals surface area contributed by atoms with Gasteiger partial charge in [0.2, 0.25) is 0 Å². The first kappa shape index (κ1) is 32.6. The lowest BCUT2D eigenvalue weighted by molar-refractivity contribution is 1.07. The van der Waals surface area contributed by atoms with Crippen molar-refractivity contribution >= 4 is 63.0 Å². The summed E-state index contributed by atoms with van der Waals surface area (Å²) in [4.78, 5) is 15.5. The molecular formula is C51H31N3S2. The second kappa shape index (κ2) is 13.5. The minimum Gasteiger partial charge on any atom is -0.208 e. The SMILES string of the molecule is c1ccc(-c2ccccc2-c2nc(-c3ccc(-c4cccc5c4sc4ccccc45)cc3)nc(-c3ccc(-c4cccc5sc6ccccc6c45)cc3)n2)cc1. The molecule has 0 atom stereocenters. The van der Waals surface area contributed by atoms with Crippen molar-refractivity contribution in [2.75, 3.05) is 0 Å². The highest BCUT2D eigenvalue weighted by molar-refractivity contribution is 7.26. The Morgan fingerprint density at radius 3 is 1.46 bits per heavy atom. The van der Waals surface area contributed by atoms with Gasteiger partial charge in [0.1, 0.15) is 0 Å². The van der Waals surface area contributed by atoms with Gasteiger partial charge >= 0.3 is 0 Å². The van der Waals surface area contributed by atoms with E-state index in [0.717, 1.165) is 33.4 Å². The summed E-state index contributed by atoms with van der Waals surface area (Å²) in [5.74, 6) is 1.91. The van der Waals surface area contributed by atoms with E-state index in [2.05, 4.69) is 182 Å². The summed E-state index contributed by atoms with van der Waals surface area (Å²) in [6.45, 7) is 0. The number of fused-ring (bicyclic) bond motifs is 6. The lowest BCUT2D eigenvalue weighted by Crippen LogP contribution is -2.01. The van der Waals surface area contributed by atoms with E-state index in [1.807, 2.05) is 28.7 Å². The summed E-state index contributed by atoms with van der Waals surface area (Å²) in [7, 11) is 0. The van der Waals surface area contributed by atoms with Crippen molar-refractivity contribution in [2.45, 2.75) is 0 Å². The highest BCUT2D eigenvalue weighted by Crippen LogP contribution is 2.42. The van der Waals surface area contributed by atoms with Crippen LogP contribution in [0.15, 0.2) is 188 Å². The zero-order chi connectivity index (χ0) is 37.0. The maximum atomic E-state index is 5.17. The number of hydrogen-bond acceptors (Lipinski definition) is 5. The van der Waals surface area contributed by atoms with E-state index in [1.54, 1.807) is 0 Å². The van der Waals surface area contributed by atoms with Crippen molar-refractivity contribution < 1.29 is 0 Å². The molecule has 11 rings (SSSR count). The Labute approximate surface area is 331 Å². The van der Waals surface area contributed by atoms with Crippen molar-refractivity contribution in [1.29, 1.82) is 0 Å². The fourth-order valence-electron chi connectivity index (χ4n) is 7.89. The Bertz CT molecular complexity index is 3230. The van der Waals surface area contributed by atoms with Crippen LogP contribution in [0.2, 0.25) is 0 Å². The van der Waals surface area contributed by atoms with E-state index in [1.165, 1.54) is 57.0 Å². The summed E-state index contributed by atoms with van der Waals surface area (Å²) in [5, 5.41) is 5.19. The van der Waals surface area contributed by atoms with E-state index in [9.17, 15) is 0 Å². The summed E-state index contributed by atoms with van der Waals surface area (Å²) in [6.07, 6.45) is 0. The van der Waals surface area contributed by atoms with Gasteiger partial charge < -0.3 is 0 Å². The van der Waals surface area contributed by atoms with Crippen LogP contribution in [0.3, 0.4) is 0 Å². The van der Waals surface area contributed by atoms with E-state index < -0.39 is 0 Å². The van der Waals surface area contributed by atoms with Gasteiger partial charge in [-0.2, -0.15) is 0 Å². The standard InChI is InChI=1S/C51H31N3S2/c1-2-12-32(13-3-1)37-14-4-5-16-42(37)51-53-49(35-28-24-33(25-29-35)38-18-11-23-46-47(38)43-17-7-9-22-45(43)55-46)52-50(54-51)36-30-26-34(27-31-36)39-19-10-20-41-40-15-6-8-21-44(40)56-48(39)41/h1-31H. The van der Waals surface area contributed by atoms with Gasteiger partial charge in [-0.15, -0.1) is 22.7 Å². The van der Waals surface area contributed by atoms with Crippen LogP contribution in [0.4, 0.5) is 0 Å². The first-order chi connectivity index (χ1) is 27.7. The maximum Gasteiger partial charge on any atom is 0.164 e. The normalized spacial score (nSPS) is 11.6. The first-order valence-electron chi connectivity index (χ1n) is 18.7. The second-order valence-corrected chi connectivity index (χ2v) is 16.1. The molecule has 3 heterocycles. The molecule has 56 heavy (non-hydrogen) atoms. The molecule has 8 aromatic carbocycles. The Morgan fingerprint density at radius 2 is 0.732 bits per heavy atom. The molecule has 0 saturated heterocycles. The van der Waals surface area contributed by atoms with Crippen molar-refractivity contribution in [2.24, 2.45) is 0 Å². The molecule has 0 fully saturated rings. The monoisotopic (exact) mass is 749 g/mol. The predicted octanol–water partition coefficient (Wildman–Crippen LogP) is 14.6. The zero-order valence-electron chi connectivity index (χ0n) is 30.1. The third-order valence-electron chi connectivity index (χ3n) is 10.6. The molecule has 5 heteroatoms. The van der Waals surface area contributed by atoms with E-state index >= 15 is 0 Å². The largest absolute Gasteiger partial charge is 0.208 e. The predicted molar refractivity (Wildman–Crippen MR) is 238 cm³/mol. The average Bonchev–Trinajstić information content (AvgIpc) is 3.86. The molecular weight excluding hydrogens is 719 g/mol. The van der Waals surface area contributed by atoms with Crippen LogP contribution < -0.4 is 0 Å². The van der Waals surface area contributed by atoms with Crippen molar-refractivity contribution in [3.05, 3.63) is 188 Å². The fraction of sp³-hybridized carbons (Fsp3) is 0. The molecule has 0 amide bonds. The number of benzene rings is 8. The van der Waals surface area contributed by atoms with Crippen molar-refractivity contribution in [1.82, 2.24) is 15.0 Å². The van der Waals surface area contributed by atoms with E-state index in [4.69, 9.17) is 15.0 Å². The lowest BCUT2D eigenvalue weighted by atomic mass is 9.98. The Hall–Kier alpha value is -6.79. The van der Waals surface area contributed by atoms with Crippen LogP contribution in [0.1, 0.15) is 0 Å². The minimum absolute atomic E-state index is 0.637. The second-order valence-electron chi connectivity index (χ2n) is 13.9. The third kappa shape index (κ3) is 5.60. The molecule has 11 aromatic rings. The van der Waals surface area contributed by atoms with Crippen LogP contribution in [0, 0.1) is 0 Å². The quantitative estimate of drug-likeness (QED) is 0.170. The highest BCUT2D eigenvalue weighted by atomic mass is 32.1. The summed E-state index contributed by atoms with van der Waals surface area (Å²) >= 11 is 3.69. The van der Waals surface area contributed by atoms with Crippen molar-refractivity contribution in [3.63, 3.8) is 0 Å². The summed E-state index contributed by atoms with van der Waals surface area (Å²) in [6, 6.07) is 66.7. The molecule has 0 spiro atoms. The van der Waals surface area contributed by atoms with Gasteiger partial charge in [-0.25, -0.2) is 15.0 Å². The van der Waals surface area contributed by atoms with Gasteiger partial charge in [-0.05, 0) is 51.6 Å². The molecule has 3 aromatic heterocycles. The molecule has 0 bridgehead atoms. The molecule has 262 valence electrons. The molecule has 0 aliphatic heterocycles. The van der Waals surface area contributed by atoms with Crippen LogP contribution >= 0.6 is 22.7 Å². The van der Waals surface area contributed by atoms with Gasteiger partial charge in [-0.1, -0.05) is 170 Å². The number of aromatic nitrogens is 3. The van der Waals surface area contributed by atoms with E-state index in [0.29, 0.717) is 17.5 Å². The molecule has 0 aliphatic rings. The minimum atomic E-state index is 0.637. The summed E-state index contributed by atoms with van der Waals surface area (Å²) < 4.78 is 5.20. The topological polar surface area (TPSA) is 38.7 Å². The molecule has 0 aliphatic carbocycles. The molecule has 0 saturated carbocycles. The Kier molecular flexibility index (Phi) is 7.87. The zero-order valence-corrected chi connectivity index (χ0v) is 31.7. The average molecular weight is 750 g/mol. The van der Waals surface area contributed by atoms with Crippen LogP contribution in [-0.4, -0.2) is 15.0 Å². The molecule has 0 N–H and O–H groups in total. The lowest BCUT2D eigenvalue weighted by Gasteiger charge is -2.13.